The van der Waals surface area contributed by atoms with Gasteiger partial charge in [-0.15, -0.1) is 0 Å². The summed E-state index contributed by atoms with van der Waals surface area (Å²) in [5.74, 6) is 0. The minimum Gasteiger partial charge on any atom is -0.393 e. The molecule has 1 rings (SSSR count). The standard InChI is InChI=1S/C13H20O/c1-5-12(14)8-13-10(3)7-6-9(2)11(13)4/h6-7,12,14H,5,8H2,1-4H3. The molecule has 0 fully saturated rings. The molecule has 1 aromatic rings. The zero-order valence-corrected chi connectivity index (χ0v) is 9.59. The number of aryl methyl sites for hydroxylation is 2. The van der Waals surface area contributed by atoms with Crippen LogP contribution in [0.25, 0.3) is 0 Å². The number of benzene rings is 1. The number of aliphatic hydroxyl groups excluding tert-OH is 1. The van der Waals surface area contributed by atoms with E-state index < -0.39 is 0 Å². The van der Waals surface area contributed by atoms with Crippen molar-refractivity contribution >= 4 is 0 Å². The lowest BCUT2D eigenvalue weighted by atomic mass is 9.93. The van der Waals surface area contributed by atoms with Crippen LogP contribution in [-0.4, -0.2) is 11.2 Å². The van der Waals surface area contributed by atoms with Crippen LogP contribution < -0.4 is 0 Å². The van der Waals surface area contributed by atoms with Gasteiger partial charge in [-0.1, -0.05) is 19.1 Å². The van der Waals surface area contributed by atoms with Gasteiger partial charge in [0.1, 0.15) is 0 Å². The first-order valence-corrected chi connectivity index (χ1v) is 5.30. The summed E-state index contributed by atoms with van der Waals surface area (Å²) in [6.45, 7) is 8.39. The molecule has 1 aromatic carbocycles. The molecule has 0 bridgehead atoms. The van der Waals surface area contributed by atoms with Gasteiger partial charge < -0.3 is 5.11 Å². The smallest absolute Gasteiger partial charge is 0.0578 e. The molecule has 14 heavy (non-hydrogen) atoms. The molecule has 1 N–H and O–H groups in total. The summed E-state index contributed by atoms with van der Waals surface area (Å²) in [6.07, 6.45) is 1.41. The Balaban J connectivity index is 3.00. The van der Waals surface area contributed by atoms with Crippen LogP contribution in [-0.2, 0) is 6.42 Å². The van der Waals surface area contributed by atoms with Gasteiger partial charge in [0.15, 0.2) is 0 Å². The van der Waals surface area contributed by atoms with Gasteiger partial charge in [0.25, 0.3) is 0 Å². The van der Waals surface area contributed by atoms with E-state index in [1.54, 1.807) is 0 Å². The molecule has 0 amide bonds. The maximum absolute atomic E-state index is 9.65. The third-order valence-corrected chi connectivity index (χ3v) is 3.01. The van der Waals surface area contributed by atoms with E-state index in [0.29, 0.717) is 0 Å². The van der Waals surface area contributed by atoms with Crippen LogP contribution >= 0.6 is 0 Å². The Kier molecular flexibility index (Phi) is 3.70. The van der Waals surface area contributed by atoms with Crippen LogP contribution in [0, 0.1) is 20.8 Å². The van der Waals surface area contributed by atoms with Gasteiger partial charge in [0, 0.05) is 0 Å². The van der Waals surface area contributed by atoms with Gasteiger partial charge in [-0.05, 0) is 55.9 Å². The Bertz CT molecular complexity index is 315. The van der Waals surface area contributed by atoms with E-state index in [0.717, 1.165) is 12.8 Å². The maximum atomic E-state index is 9.65. The van der Waals surface area contributed by atoms with Gasteiger partial charge >= 0.3 is 0 Å². The molecular formula is C13H20O. The Hall–Kier alpha value is -0.820. The van der Waals surface area contributed by atoms with Crippen molar-refractivity contribution < 1.29 is 5.11 Å². The molecule has 0 aliphatic heterocycles. The minimum atomic E-state index is -0.200. The predicted molar refractivity (Wildman–Crippen MR) is 60.7 cm³/mol. The normalized spacial score (nSPS) is 12.9. The lowest BCUT2D eigenvalue weighted by Crippen LogP contribution is -2.11. The van der Waals surface area contributed by atoms with E-state index in [2.05, 4.69) is 32.9 Å². The van der Waals surface area contributed by atoms with E-state index in [1.165, 1.54) is 22.3 Å². The second-order valence-electron chi connectivity index (χ2n) is 4.07. The van der Waals surface area contributed by atoms with Crippen LogP contribution in [0.5, 0.6) is 0 Å². The van der Waals surface area contributed by atoms with Crippen molar-refractivity contribution in [2.45, 2.75) is 46.6 Å². The second-order valence-corrected chi connectivity index (χ2v) is 4.07. The Labute approximate surface area is 86.8 Å². The number of hydrogen-bond acceptors (Lipinski definition) is 1. The lowest BCUT2D eigenvalue weighted by Gasteiger charge is -2.15. The molecule has 1 atom stereocenters. The van der Waals surface area contributed by atoms with Gasteiger partial charge in [-0.2, -0.15) is 0 Å². The second kappa shape index (κ2) is 4.61. The van der Waals surface area contributed by atoms with Crippen molar-refractivity contribution in [3.05, 3.63) is 34.4 Å². The van der Waals surface area contributed by atoms with Crippen molar-refractivity contribution in [1.29, 1.82) is 0 Å². The average molecular weight is 192 g/mol. The zero-order chi connectivity index (χ0) is 10.7. The van der Waals surface area contributed by atoms with Crippen LogP contribution in [0.4, 0.5) is 0 Å². The number of rotatable bonds is 3. The minimum absolute atomic E-state index is 0.200. The summed E-state index contributed by atoms with van der Waals surface area (Å²) < 4.78 is 0. The Morgan fingerprint density at radius 2 is 1.71 bits per heavy atom. The molecule has 0 radical (unpaired) electrons. The summed E-state index contributed by atoms with van der Waals surface area (Å²) in [7, 11) is 0. The topological polar surface area (TPSA) is 20.2 Å². The van der Waals surface area contributed by atoms with Crippen molar-refractivity contribution in [3.8, 4) is 0 Å². The molecule has 0 aliphatic rings. The van der Waals surface area contributed by atoms with Crippen LogP contribution in [0.15, 0.2) is 12.1 Å². The monoisotopic (exact) mass is 192 g/mol. The first kappa shape index (κ1) is 11.3. The van der Waals surface area contributed by atoms with E-state index in [4.69, 9.17) is 0 Å². The zero-order valence-electron chi connectivity index (χ0n) is 9.59. The molecule has 0 aliphatic carbocycles. The Morgan fingerprint density at radius 3 is 2.29 bits per heavy atom. The van der Waals surface area contributed by atoms with E-state index >= 15 is 0 Å². The third-order valence-electron chi connectivity index (χ3n) is 3.01. The van der Waals surface area contributed by atoms with Gasteiger partial charge in [0.2, 0.25) is 0 Å². The molecular weight excluding hydrogens is 172 g/mol. The predicted octanol–water partition coefficient (Wildman–Crippen LogP) is 2.93. The van der Waals surface area contributed by atoms with E-state index in [9.17, 15) is 5.11 Å². The molecule has 1 heteroatoms. The highest BCUT2D eigenvalue weighted by Gasteiger charge is 2.09. The van der Waals surface area contributed by atoms with Gasteiger partial charge in [-0.25, -0.2) is 0 Å². The largest absolute Gasteiger partial charge is 0.393 e. The highest BCUT2D eigenvalue weighted by atomic mass is 16.3. The summed E-state index contributed by atoms with van der Waals surface area (Å²) in [5, 5.41) is 9.65. The molecule has 0 heterocycles. The summed E-state index contributed by atoms with van der Waals surface area (Å²) in [5.41, 5.74) is 5.26. The molecule has 0 saturated heterocycles. The van der Waals surface area contributed by atoms with Crippen molar-refractivity contribution in [2.75, 3.05) is 0 Å². The molecule has 0 aromatic heterocycles. The molecule has 78 valence electrons. The third kappa shape index (κ3) is 2.36. The fourth-order valence-corrected chi connectivity index (χ4v) is 1.70. The number of hydrogen-bond donors (Lipinski definition) is 1. The maximum Gasteiger partial charge on any atom is 0.0578 e. The van der Waals surface area contributed by atoms with Crippen LogP contribution in [0.2, 0.25) is 0 Å². The van der Waals surface area contributed by atoms with Crippen LogP contribution in [0.1, 0.15) is 35.6 Å². The quantitative estimate of drug-likeness (QED) is 0.780. The van der Waals surface area contributed by atoms with Crippen LogP contribution in [0.3, 0.4) is 0 Å². The van der Waals surface area contributed by atoms with Crippen molar-refractivity contribution in [3.63, 3.8) is 0 Å². The molecule has 0 saturated carbocycles. The van der Waals surface area contributed by atoms with Gasteiger partial charge in [0.05, 0.1) is 6.10 Å². The fraction of sp³-hybridized carbons (Fsp3) is 0.538. The first-order valence-electron chi connectivity index (χ1n) is 5.30. The Morgan fingerprint density at radius 1 is 1.14 bits per heavy atom. The summed E-state index contributed by atoms with van der Waals surface area (Å²) in [4.78, 5) is 0. The van der Waals surface area contributed by atoms with Gasteiger partial charge in [-0.3, -0.25) is 0 Å². The van der Waals surface area contributed by atoms with E-state index in [-0.39, 0.29) is 6.10 Å². The van der Waals surface area contributed by atoms with E-state index in [1.807, 2.05) is 6.92 Å². The molecule has 1 nitrogen and oxygen atoms in total. The summed E-state index contributed by atoms with van der Waals surface area (Å²) >= 11 is 0. The molecule has 0 spiro atoms. The average Bonchev–Trinajstić information content (AvgIpc) is 2.18. The lowest BCUT2D eigenvalue weighted by molar-refractivity contribution is 0.170. The summed E-state index contributed by atoms with van der Waals surface area (Å²) in [6, 6.07) is 4.28. The van der Waals surface area contributed by atoms with Crippen molar-refractivity contribution in [1.82, 2.24) is 0 Å². The van der Waals surface area contributed by atoms with Crippen molar-refractivity contribution in [2.24, 2.45) is 0 Å². The SMILES string of the molecule is CCC(O)Cc1c(C)ccc(C)c1C. The highest BCUT2D eigenvalue weighted by molar-refractivity contribution is 5.39. The fourth-order valence-electron chi connectivity index (χ4n) is 1.70. The highest BCUT2D eigenvalue weighted by Crippen LogP contribution is 2.19. The number of aliphatic hydroxyl groups is 1. The molecule has 1 unspecified atom stereocenters. The first-order chi connectivity index (χ1) is 6.56.